The number of aromatic carboxylic acids is 2. The number of nitrogens with zero attached hydrogens (tertiary/aromatic N) is 1. The monoisotopic (exact) mass is 471 g/mol. The van der Waals surface area contributed by atoms with Gasteiger partial charge in [0.1, 0.15) is 28.7 Å². The summed E-state index contributed by atoms with van der Waals surface area (Å²) in [5, 5.41) is 18.1. The van der Waals surface area contributed by atoms with Gasteiger partial charge >= 0.3 is 17.9 Å². The van der Waals surface area contributed by atoms with Crippen LogP contribution in [0.5, 0.6) is 28.7 Å². The van der Waals surface area contributed by atoms with E-state index in [0.717, 1.165) is 0 Å². The fourth-order valence-electron chi connectivity index (χ4n) is 2.98. The zero-order valence-corrected chi connectivity index (χ0v) is 18.0. The van der Waals surface area contributed by atoms with Crippen molar-refractivity contribution in [2.45, 2.75) is 0 Å². The van der Waals surface area contributed by atoms with Crippen LogP contribution in [-0.2, 0) is 0 Å². The van der Waals surface area contributed by atoms with E-state index in [-0.39, 0.29) is 33.9 Å². The highest BCUT2D eigenvalue weighted by Gasteiger charge is 2.15. The van der Waals surface area contributed by atoms with Crippen LogP contribution >= 0.6 is 0 Å². The van der Waals surface area contributed by atoms with Crippen LogP contribution in [0.3, 0.4) is 0 Å². The van der Waals surface area contributed by atoms with Crippen molar-refractivity contribution < 1.29 is 38.8 Å². The fraction of sp³-hybridized carbons (Fsp3) is 0. The Balaban J connectivity index is 1.63. The van der Waals surface area contributed by atoms with Crippen LogP contribution in [0.4, 0.5) is 0 Å². The van der Waals surface area contributed by atoms with Gasteiger partial charge in [0.2, 0.25) is 0 Å². The van der Waals surface area contributed by atoms with Crippen molar-refractivity contribution in [2.75, 3.05) is 0 Å². The fourth-order valence-corrected chi connectivity index (χ4v) is 2.98. The molecule has 0 unspecified atom stereocenters. The van der Waals surface area contributed by atoms with Gasteiger partial charge in [-0.25, -0.2) is 14.4 Å². The molecule has 0 atom stereocenters. The Labute approximate surface area is 198 Å². The predicted octanol–water partition coefficient (Wildman–Crippen LogP) is 5.28. The molecule has 4 rings (SSSR count). The second kappa shape index (κ2) is 10.2. The lowest BCUT2D eigenvalue weighted by Gasteiger charge is -2.12. The summed E-state index contributed by atoms with van der Waals surface area (Å²) in [6.07, 6.45) is 2.94. The van der Waals surface area contributed by atoms with Crippen LogP contribution in [-0.4, -0.2) is 33.1 Å². The number of hydrogen-bond donors (Lipinski definition) is 2. The number of aromatic nitrogens is 1. The zero-order valence-electron chi connectivity index (χ0n) is 18.0. The standard InChI is InChI=1S/C26H17NO8/c28-24(29)16-3-7-19(8-4-16)33-22-12-18(26(32)35-21-2-1-11-27-15-21)13-23(14-22)34-20-9-5-17(6-10-20)25(30)31/h1-15H,(H,28,29)(H,30,31). The first-order valence-electron chi connectivity index (χ1n) is 10.2. The molecule has 1 aromatic heterocycles. The normalized spacial score (nSPS) is 10.3. The summed E-state index contributed by atoms with van der Waals surface area (Å²) in [4.78, 5) is 38.8. The Morgan fingerprint density at radius 3 is 1.54 bits per heavy atom. The molecule has 0 saturated heterocycles. The van der Waals surface area contributed by atoms with Crippen molar-refractivity contribution in [2.24, 2.45) is 0 Å². The van der Waals surface area contributed by atoms with Crippen LogP contribution < -0.4 is 14.2 Å². The summed E-state index contributed by atoms with van der Waals surface area (Å²) in [6, 6.07) is 19.1. The summed E-state index contributed by atoms with van der Waals surface area (Å²) in [5.41, 5.74) is 0.311. The van der Waals surface area contributed by atoms with Crippen molar-refractivity contribution in [3.8, 4) is 28.7 Å². The van der Waals surface area contributed by atoms with E-state index < -0.39 is 17.9 Å². The first kappa shape index (κ1) is 23.0. The first-order valence-corrected chi connectivity index (χ1v) is 10.2. The summed E-state index contributed by atoms with van der Waals surface area (Å²) in [5.74, 6) is -1.44. The minimum Gasteiger partial charge on any atom is -0.478 e. The molecule has 0 aliphatic carbocycles. The molecule has 0 aliphatic rings. The van der Waals surface area contributed by atoms with E-state index in [1.165, 1.54) is 72.9 Å². The number of pyridine rings is 1. The van der Waals surface area contributed by atoms with Crippen molar-refractivity contribution in [3.63, 3.8) is 0 Å². The molecule has 9 heteroatoms. The van der Waals surface area contributed by atoms with Crippen LogP contribution in [0.2, 0.25) is 0 Å². The van der Waals surface area contributed by atoms with Crippen molar-refractivity contribution in [1.82, 2.24) is 4.98 Å². The molecule has 4 aromatic rings. The van der Waals surface area contributed by atoms with Crippen molar-refractivity contribution in [3.05, 3.63) is 108 Å². The van der Waals surface area contributed by atoms with E-state index in [1.54, 1.807) is 18.3 Å². The molecular formula is C26H17NO8. The predicted molar refractivity (Wildman–Crippen MR) is 123 cm³/mol. The van der Waals surface area contributed by atoms with E-state index in [1.807, 2.05) is 0 Å². The number of hydrogen-bond acceptors (Lipinski definition) is 7. The number of carbonyl (C=O) groups excluding carboxylic acids is 1. The molecular weight excluding hydrogens is 454 g/mol. The summed E-state index contributed by atoms with van der Waals surface area (Å²) < 4.78 is 17.0. The number of ether oxygens (including phenoxy) is 3. The average Bonchev–Trinajstić information content (AvgIpc) is 2.85. The topological polar surface area (TPSA) is 132 Å². The summed E-state index contributed by atoms with van der Waals surface area (Å²) in [7, 11) is 0. The van der Waals surface area contributed by atoms with Gasteiger partial charge < -0.3 is 24.4 Å². The largest absolute Gasteiger partial charge is 0.478 e. The van der Waals surface area contributed by atoms with Gasteiger partial charge in [-0.3, -0.25) is 4.98 Å². The maximum atomic E-state index is 12.8. The first-order chi connectivity index (χ1) is 16.9. The van der Waals surface area contributed by atoms with Crippen LogP contribution in [0.25, 0.3) is 0 Å². The maximum Gasteiger partial charge on any atom is 0.343 e. The lowest BCUT2D eigenvalue weighted by molar-refractivity contribution is 0.0686. The van der Waals surface area contributed by atoms with Gasteiger partial charge in [0.15, 0.2) is 0 Å². The number of carboxylic acids is 2. The third-order valence-corrected chi connectivity index (χ3v) is 4.63. The number of benzene rings is 3. The van der Waals surface area contributed by atoms with E-state index in [4.69, 9.17) is 24.4 Å². The van der Waals surface area contributed by atoms with Gasteiger partial charge in [0, 0.05) is 12.3 Å². The molecule has 35 heavy (non-hydrogen) atoms. The van der Waals surface area contributed by atoms with Crippen LogP contribution in [0.15, 0.2) is 91.3 Å². The Morgan fingerprint density at radius 1 is 0.600 bits per heavy atom. The lowest BCUT2D eigenvalue weighted by Crippen LogP contribution is -2.09. The third-order valence-electron chi connectivity index (χ3n) is 4.63. The Kier molecular flexibility index (Phi) is 6.68. The highest BCUT2D eigenvalue weighted by atomic mass is 16.5. The second-order valence-corrected chi connectivity index (χ2v) is 7.13. The highest BCUT2D eigenvalue weighted by Crippen LogP contribution is 2.31. The Hall–Kier alpha value is -5.18. The van der Waals surface area contributed by atoms with E-state index >= 15 is 0 Å². The number of carbonyl (C=O) groups is 3. The van der Waals surface area contributed by atoms with Gasteiger partial charge in [0.25, 0.3) is 0 Å². The minimum atomic E-state index is -1.07. The van der Waals surface area contributed by atoms with Gasteiger partial charge in [-0.05, 0) is 72.8 Å². The molecule has 174 valence electrons. The molecule has 9 nitrogen and oxygen atoms in total. The third kappa shape index (κ3) is 5.99. The average molecular weight is 471 g/mol. The lowest BCUT2D eigenvalue weighted by atomic mass is 10.2. The molecule has 0 spiro atoms. The molecule has 0 saturated carbocycles. The second-order valence-electron chi connectivity index (χ2n) is 7.13. The molecule has 0 fully saturated rings. The van der Waals surface area contributed by atoms with E-state index in [0.29, 0.717) is 11.5 Å². The van der Waals surface area contributed by atoms with Crippen LogP contribution in [0.1, 0.15) is 31.1 Å². The molecule has 1 heterocycles. The van der Waals surface area contributed by atoms with E-state index in [2.05, 4.69) is 4.98 Å². The smallest absolute Gasteiger partial charge is 0.343 e. The van der Waals surface area contributed by atoms with Gasteiger partial charge in [-0.15, -0.1) is 0 Å². The van der Waals surface area contributed by atoms with Gasteiger partial charge in [0.05, 0.1) is 22.9 Å². The Bertz CT molecular complexity index is 1290. The quantitative estimate of drug-likeness (QED) is 0.329. The maximum absolute atomic E-state index is 12.8. The van der Waals surface area contributed by atoms with Gasteiger partial charge in [-0.1, -0.05) is 0 Å². The minimum absolute atomic E-state index is 0.0972. The molecule has 0 radical (unpaired) electrons. The van der Waals surface area contributed by atoms with Crippen molar-refractivity contribution in [1.29, 1.82) is 0 Å². The van der Waals surface area contributed by atoms with Crippen molar-refractivity contribution >= 4 is 17.9 Å². The zero-order chi connectivity index (χ0) is 24.8. The summed E-state index contributed by atoms with van der Waals surface area (Å²) >= 11 is 0. The van der Waals surface area contributed by atoms with Crippen LogP contribution in [0, 0.1) is 0 Å². The summed E-state index contributed by atoms with van der Waals surface area (Å²) in [6.45, 7) is 0. The van der Waals surface area contributed by atoms with Gasteiger partial charge in [-0.2, -0.15) is 0 Å². The highest BCUT2D eigenvalue weighted by molar-refractivity contribution is 5.92. The molecule has 0 bridgehead atoms. The number of carboxylic acid groups (broad SMARTS) is 2. The SMILES string of the molecule is O=C(O)c1ccc(Oc2cc(Oc3ccc(C(=O)O)cc3)cc(C(=O)Oc3cccnc3)c2)cc1. The molecule has 0 aliphatic heterocycles. The molecule has 3 aromatic carbocycles. The number of rotatable bonds is 8. The van der Waals surface area contributed by atoms with E-state index in [9.17, 15) is 14.4 Å². The molecule has 2 N–H and O–H groups in total. The number of esters is 1. The Morgan fingerprint density at radius 2 is 1.11 bits per heavy atom. The molecule has 0 amide bonds.